The van der Waals surface area contributed by atoms with Crippen LogP contribution in [0.2, 0.25) is 0 Å². The van der Waals surface area contributed by atoms with Crippen LogP contribution >= 0.6 is 33.3 Å². The molecule has 0 spiro atoms. The molecule has 1 aromatic carbocycles. The Morgan fingerprint density at radius 2 is 2.06 bits per heavy atom. The van der Waals surface area contributed by atoms with Crippen molar-refractivity contribution in [1.29, 1.82) is 5.26 Å². The van der Waals surface area contributed by atoms with Crippen LogP contribution < -0.4 is 0 Å². The number of nitriles is 1. The van der Waals surface area contributed by atoms with Crippen LogP contribution in [0.3, 0.4) is 0 Å². The van der Waals surface area contributed by atoms with Crippen LogP contribution in [0.15, 0.2) is 17.0 Å². The first kappa shape index (κ1) is 13.1. The summed E-state index contributed by atoms with van der Waals surface area (Å²) in [6.45, 7) is 0. The maximum absolute atomic E-state index is 11.1. The number of halogens is 2. The Morgan fingerprint density at radius 1 is 1.50 bits per heavy atom. The fraction of sp³-hybridized carbons (Fsp3) is 0. The summed E-state index contributed by atoms with van der Waals surface area (Å²) in [6, 6.07) is 3.68. The van der Waals surface area contributed by atoms with Gasteiger partial charge in [0.05, 0.1) is 4.92 Å². The van der Waals surface area contributed by atoms with Gasteiger partial charge in [0.2, 0.25) is 0 Å². The lowest BCUT2D eigenvalue weighted by atomic mass is 10.2. The van der Waals surface area contributed by atoms with E-state index in [1.807, 2.05) is 0 Å². The lowest BCUT2D eigenvalue weighted by molar-refractivity contribution is -0.385. The summed E-state index contributed by atoms with van der Waals surface area (Å²) in [5, 5.41) is 19.3. The highest BCUT2D eigenvalue weighted by Gasteiger charge is 2.25. The van der Waals surface area contributed by atoms with Gasteiger partial charge in [0.25, 0.3) is 14.7 Å². The standard InChI is InChI=1S/C7H2ClIN2O4S/c8-16(14,15)7-2-4(9)1-6(11(12)13)5(7)3-10/h1-2H. The number of rotatable bonds is 2. The molecule has 0 aliphatic heterocycles. The maximum Gasteiger partial charge on any atom is 0.289 e. The number of hydrogen-bond donors (Lipinski definition) is 0. The number of hydrogen-bond acceptors (Lipinski definition) is 5. The van der Waals surface area contributed by atoms with Crippen molar-refractivity contribution in [3.05, 3.63) is 31.4 Å². The highest BCUT2D eigenvalue weighted by atomic mass is 127. The lowest BCUT2D eigenvalue weighted by Crippen LogP contribution is -2.01. The predicted molar refractivity (Wildman–Crippen MR) is 63.6 cm³/mol. The second kappa shape index (κ2) is 4.52. The summed E-state index contributed by atoms with van der Waals surface area (Å²) in [5.41, 5.74) is -1.13. The highest BCUT2D eigenvalue weighted by molar-refractivity contribution is 14.1. The van der Waals surface area contributed by atoms with Crippen molar-refractivity contribution in [2.75, 3.05) is 0 Å². The zero-order valence-electron chi connectivity index (χ0n) is 7.35. The minimum Gasteiger partial charge on any atom is -0.258 e. The molecule has 0 fully saturated rings. The molecule has 1 rings (SSSR count). The molecule has 0 aliphatic carbocycles. The zero-order chi connectivity index (χ0) is 12.5. The molecule has 1 aromatic rings. The number of benzene rings is 1. The van der Waals surface area contributed by atoms with Crippen molar-refractivity contribution in [2.45, 2.75) is 4.90 Å². The van der Waals surface area contributed by atoms with E-state index in [9.17, 15) is 18.5 Å². The molecule has 0 atom stereocenters. The van der Waals surface area contributed by atoms with Gasteiger partial charge >= 0.3 is 0 Å². The van der Waals surface area contributed by atoms with Crippen molar-refractivity contribution in [1.82, 2.24) is 0 Å². The van der Waals surface area contributed by atoms with E-state index in [2.05, 4.69) is 0 Å². The van der Waals surface area contributed by atoms with Gasteiger partial charge in [-0.3, -0.25) is 10.1 Å². The number of nitrogens with zero attached hydrogens (tertiary/aromatic N) is 2. The first-order chi connectivity index (χ1) is 7.27. The smallest absolute Gasteiger partial charge is 0.258 e. The SMILES string of the molecule is N#Cc1c([N+](=O)[O-])cc(I)cc1S(=O)(=O)Cl. The summed E-state index contributed by atoms with van der Waals surface area (Å²) < 4.78 is 22.6. The molecule has 6 nitrogen and oxygen atoms in total. The van der Waals surface area contributed by atoms with Crippen molar-refractivity contribution in [3.8, 4) is 6.07 Å². The summed E-state index contributed by atoms with van der Waals surface area (Å²) in [7, 11) is 0.903. The molecule has 0 heterocycles. The Balaban J connectivity index is 3.78. The average molecular weight is 373 g/mol. The van der Waals surface area contributed by atoms with Crippen molar-refractivity contribution in [2.24, 2.45) is 0 Å². The number of nitro benzene ring substituents is 1. The van der Waals surface area contributed by atoms with E-state index in [1.54, 1.807) is 22.6 Å². The summed E-state index contributed by atoms with van der Waals surface area (Å²) in [6.07, 6.45) is 0. The van der Waals surface area contributed by atoms with Crippen LogP contribution in [0.4, 0.5) is 5.69 Å². The van der Waals surface area contributed by atoms with E-state index >= 15 is 0 Å². The Kier molecular flexibility index (Phi) is 3.72. The third-order valence-corrected chi connectivity index (χ3v) is 3.59. The second-order valence-corrected chi connectivity index (χ2v) is 6.38. The third kappa shape index (κ3) is 2.60. The van der Waals surface area contributed by atoms with E-state index in [0.29, 0.717) is 3.57 Å². The summed E-state index contributed by atoms with van der Waals surface area (Å²) in [5.74, 6) is 0. The van der Waals surface area contributed by atoms with E-state index in [-0.39, 0.29) is 0 Å². The zero-order valence-corrected chi connectivity index (χ0v) is 11.1. The first-order valence-electron chi connectivity index (χ1n) is 3.60. The molecule has 0 aliphatic rings. The molecule has 0 amide bonds. The highest BCUT2D eigenvalue weighted by Crippen LogP contribution is 2.29. The van der Waals surface area contributed by atoms with Crippen LogP contribution in [-0.4, -0.2) is 13.3 Å². The molecule has 0 saturated heterocycles. The summed E-state index contributed by atoms with van der Waals surface area (Å²) >= 11 is 1.70. The third-order valence-electron chi connectivity index (χ3n) is 1.62. The lowest BCUT2D eigenvalue weighted by Gasteiger charge is -2.01. The fourth-order valence-electron chi connectivity index (χ4n) is 1.02. The van der Waals surface area contributed by atoms with Crippen LogP contribution in [-0.2, 0) is 9.05 Å². The van der Waals surface area contributed by atoms with E-state index < -0.39 is 30.1 Å². The van der Waals surface area contributed by atoms with Gasteiger partial charge in [0.15, 0.2) is 0 Å². The normalized spacial score (nSPS) is 10.8. The Labute approximate surface area is 109 Å². The van der Waals surface area contributed by atoms with Crippen molar-refractivity contribution in [3.63, 3.8) is 0 Å². The van der Waals surface area contributed by atoms with Gasteiger partial charge in [-0.25, -0.2) is 8.42 Å². The Hall–Kier alpha value is -0.920. The minimum atomic E-state index is -4.18. The van der Waals surface area contributed by atoms with Crippen LogP contribution in [0, 0.1) is 25.0 Å². The Bertz CT molecular complexity index is 608. The molecule has 0 N–H and O–H groups in total. The van der Waals surface area contributed by atoms with E-state index in [4.69, 9.17) is 15.9 Å². The molecule has 0 saturated carbocycles. The van der Waals surface area contributed by atoms with Crippen LogP contribution in [0.1, 0.15) is 5.56 Å². The van der Waals surface area contributed by atoms with Crippen LogP contribution in [0.5, 0.6) is 0 Å². The molecule has 0 bridgehead atoms. The van der Waals surface area contributed by atoms with Gasteiger partial charge in [0.1, 0.15) is 16.5 Å². The molecular formula is C7H2ClIN2O4S. The van der Waals surface area contributed by atoms with Crippen molar-refractivity contribution >= 4 is 48.0 Å². The van der Waals surface area contributed by atoms with Gasteiger partial charge < -0.3 is 0 Å². The molecule has 0 radical (unpaired) electrons. The largest absolute Gasteiger partial charge is 0.289 e. The van der Waals surface area contributed by atoms with Crippen LogP contribution in [0.25, 0.3) is 0 Å². The predicted octanol–water partition coefficient (Wildman–Crippen LogP) is 2.00. The minimum absolute atomic E-state index is 0.308. The maximum atomic E-state index is 11.1. The van der Waals surface area contributed by atoms with E-state index in [1.165, 1.54) is 6.07 Å². The molecule has 0 unspecified atom stereocenters. The van der Waals surface area contributed by atoms with Gasteiger partial charge in [0, 0.05) is 20.3 Å². The molecule has 9 heteroatoms. The number of nitro groups is 1. The Morgan fingerprint density at radius 3 is 2.44 bits per heavy atom. The quantitative estimate of drug-likeness (QED) is 0.342. The second-order valence-electron chi connectivity index (χ2n) is 2.60. The van der Waals surface area contributed by atoms with Gasteiger partial charge in [-0.1, -0.05) is 0 Å². The monoisotopic (exact) mass is 372 g/mol. The van der Waals surface area contributed by atoms with Gasteiger partial charge in [-0.05, 0) is 28.7 Å². The van der Waals surface area contributed by atoms with E-state index in [0.717, 1.165) is 12.1 Å². The molecule has 0 aromatic heterocycles. The first-order valence-corrected chi connectivity index (χ1v) is 6.99. The summed E-state index contributed by atoms with van der Waals surface area (Å²) in [4.78, 5) is 9.25. The molecular weight excluding hydrogens is 371 g/mol. The van der Waals surface area contributed by atoms with Gasteiger partial charge in [-0.15, -0.1) is 0 Å². The van der Waals surface area contributed by atoms with Crippen molar-refractivity contribution < 1.29 is 13.3 Å². The average Bonchev–Trinajstić information content (AvgIpc) is 2.14. The topological polar surface area (TPSA) is 101 Å². The molecule has 16 heavy (non-hydrogen) atoms. The van der Waals surface area contributed by atoms with Gasteiger partial charge in [-0.2, -0.15) is 5.26 Å². The molecule has 84 valence electrons. The fourth-order valence-corrected chi connectivity index (χ4v) is 2.86.